The van der Waals surface area contributed by atoms with Crippen LogP contribution in [0.2, 0.25) is 0 Å². The van der Waals surface area contributed by atoms with E-state index < -0.39 is 11.9 Å². The molecular weight excluding hydrogens is 168 g/mol. The average Bonchev–Trinajstić information content (AvgIpc) is 2.13. The van der Waals surface area contributed by atoms with E-state index in [4.69, 9.17) is 0 Å². The van der Waals surface area contributed by atoms with Crippen LogP contribution in [0.15, 0.2) is 11.6 Å². The quantitative estimate of drug-likeness (QED) is 0.615. The summed E-state index contributed by atoms with van der Waals surface area (Å²) in [5, 5.41) is 10.4. The van der Waals surface area contributed by atoms with Gasteiger partial charge in [0.15, 0.2) is 5.78 Å². The van der Waals surface area contributed by atoms with Gasteiger partial charge in [-0.25, -0.2) is 0 Å². The number of carboxylic acids is 1. The molecule has 1 atom stereocenters. The molecule has 0 spiro atoms. The van der Waals surface area contributed by atoms with Gasteiger partial charge in [-0.15, -0.1) is 0 Å². The van der Waals surface area contributed by atoms with E-state index in [-0.39, 0.29) is 17.6 Å². The van der Waals surface area contributed by atoms with Gasteiger partial charge in [0.1, 0.15) is 0 Å². The largest absolute Gasteiger partial charge is 0.550 e. The normalized spacial score (nSPS) is 25.9. The molecule has 72 valence electrons. The summed E-state index contributed by atoms with van der Waals surface area (Å²) >= 11 is 0. The zero-order chi connectivity index (χ0) is 10.2. The Morgan fingerprint density at radius 1 is 1.62 bits per heavy atom. The predicted octanol–water partition coefficient (Wildman–Crippen LogP) is 0.298. The maximum atomic E-state index is 11.4. The Kier molecular flexibility index (Phi) is 2.28. The summed E-state index contributed by atoms with van der Waals surface area (Å²) in [6.45, 7) is 5.63. The van der Waals surface area contributed by atoms with Crippen molar-refractivity contribution in [3.8, 4) is 0 Å². The predicted molar refractivity (Wildman–Crippen MR) is 45.7 cm³/mol. The number of hydrogen-bond donors (Lipinski definition) is 0. The molecule has 0 fully saturated rings. The monoisotopic (exact) mass is 181 g/mol. The molecule has 0 aromatic heterocycles. The first-order valence-electron chi connectivity index (χ1n) is 4.28. The van der Waals surface area contributed by atoms with Crippen LogP contribution in [0.1, 0.15) is 27.2 Å². The molecule has 0 radical (unpaired) electrons. The fourth-order valence-corrected chi connectivity index (χ4v) is 1.65. The Morgan fingerprint density at radius 2 is 2.15 bits per heavy atom. The van der Waals surface area contributed by atoms with E-state index in [1.807, 2.05) is 20.8 Å². The summed E-state index contributed by atoms with van der Waals surface area (Å²) in [5.41, 5.74) is 0.612. The lowest BCUT2D eigenvalue weighted by Gasteiger charge is -2.28. The van der Waals surface area contributed by atoms with Gasteiger partial charge < -0.3 is 9.90 Å². The SMILES string of the molecule is CC1=CC(=O)[C@H](CC(=O)[O-])C1(C)C. The molecule has 0 bridgehead atoms. The van der Waals surface area contributed by atoms with Gasteiger partial charge in [-0.05, 0) is 24.8 Å². The summed E-state index contributed by atoms with van der Waals surface area (Å²) in [7, 11) is 0. The number of carbonyl (C=O) groups excluding carboxylic acids is 2. The molecule has 13 heavy (non-hydrogen) atoms. The van der Waals surface area contributed by atoms with Crippen LogP contribution in [0.3, 0.4) is 0 Å². The molecule has 1 rings (SSSR count). The van der Waals surface area contributed by atoms with Crippen LogP contribution < -0.4 is 5.11 Å². The van der Waals surface area contributed by atoms with Crippen molar-refractivity contribution in [2.24, 2.45) is 11.3 Å². The Labute approximate surface area is 77.4 Å². The van der Waals surface area contributed by atoms with Crippen LogP contribution in [0.5, 0.6) is 0 Å². The van der Waals surface area contributed by atoms with E-state index in [0.717, 1.165) is 5.57 Å². The highest BCUT2D eigenvalue weighted by atomic mass is 16.4. The molecule has 0 saturated carbocycles. The molecule has 0 N–H and O–H groups in total. The molecule has 1 aliphatic rings. The molecule has 3 heteroatoms. The van der Waals surface area contributed by atoms with Crippen LogP contribution in [-0.4, -0.2) is 11.8 Å². The number of allylic oxidation sites excluding steroid dienone is 2. The second-order valence-corrected chi connectivity index (χ2v) is 4.08. The number of ketones is 1. The molecule has 0 aromatic carbocycles. The van der Waals surface area contributed by atoms with Gasteiger partial charge in [-0.1, -0.05) is 19.4 Å². The lowest BCUT2D eigenvalue weighted by molar-refractivity contribution is -0.307. The first-order valence-corrected chi connectivity index (χ1v) is 4.28. The number of aliphatic carboxylic acids is 1. The van der Waals surface area contributed by atoms with Crippen LogP contribution in [-0.2, 0) is 9.59 Å². The van der Waals surface area contributed by atoms with Crippen molar-refractivity contribution in [1.29, 1.82) is 0 Å². The fourth-order valence-electron chi connectivity index (χ4n) is 1.65. The highest BCUT2D eigenvalue weighted by Crippen LogP contribution is 2.42. The number of carboxylic acid groups (broad SMARTS) is 1. The van der Waals surface area contributed by atoms with Crippen molar-refractivity contribution >= 4 is 11.8 Å². The maximum absolute atomic E-state index is 11.4. The lowest BCUT2D eigenvalue weighted by atomic mass is 9.76. The van der Waals surface area contributed by atoms with Crippen molar-refractivity contribution in [2.45, 2.75) is 27.2 Å². The van der Waals surface area contributed by atoms with Crippen molar-refractivity contribution in [1.82, 2.24) is 0 Å². The van der Waals surface area contributed by atoms with Crippen LogP contribution >= 0.6 is 0 Å². The van der Waals surface area contributed by atoms with Gasteiger partial charge >= 0.3 is 0 Å². The minimum atomic E-state index is -1.16. The topological polar surface area (TPSA) is 57.2 Å². The van der Waals surface area contributed by atoms with Crippen molar-refractivity contribution in [3.63, 3.8) is 0 Å². The Balaban J connectivity index is 2.89. The summed E-state index contributed by atoms with van der Waals surface area (Å²) in [6, 6.07) is 0. The third-order valence-corrected chi connectivity index (χ3v) is 2.96. The van der Waals surface area contributed by atoms with Crippen molar-refractivity contribution in [2.75, 3.05) is 0 Å². The second kappa shape index (κ2) is 2.98. The summed E-state index contributed by atoms with van der Waals surface area (Å²) < 4.78 is 0. The number of rotatable bonds is 2. The second-order valence-electron chi connectivity index (χ2n) is 4.08. The fraction of sp³-hybridized carbons (Fsp3) is 0.600. The van der Waals surface area contributed by atoms with Gasteiger partial charge in [0, 0.05) is 11.9 Å². The molecule has 0 saturated heterocycles. The van der Waals surface area contributed by atoms with Gasteiger partial charge in [0.2, 0.25) is 0 Å². The van der Waals surface area contributed by atoms with E-state index >= 15 is 0 Å². The molecule has 0 amide bonds. The smallest absolute Gasteiger partial charge is 0.159 e. The molecular formula is C10H13O3-. The number of hydrogen-bond acceptors (Lipinski definition) is 3. The molecule has 3 nitrogen and oxygen atoms in total. The Bertz CT molecular complexity index is 287. The Morgan fingerprint density at radius 3 is 2.46 bits per heavy atom. The maximum Gasteiger partial charge on any atom is 0.159 e. The van der Waals surface area contributed by atoms with E-state index in [0.29, 0.717) is 0 Å². The van der Waals surface area contributed by atoms with E-state index in [1.165, 1.54) is 6.08 Å². The zero-order valence-electron chi connectivity index (χ0n) is 8.09. The standard InChI is InChI=1S/C10H14O3/c1-6-4-8(11)7(5-9(12)13)10(6,2)3/h4,7H,5H2,1-3H3,(H,12,13)/p-1/t7-/m0/s1. The molecule has 0 aliphatic heterocycles. The third kappa shape index (κ3) is 1.64. The first kappa shape index (κ1) is 9.96. The van der Waals surface area contributed by atoms with E-state index in [9.17, 15) is 14.7 Å². The van der Waals surface area contributed by atoms with E-state index in [1.54, 1.807) is 0 Å². The van der Waals surface area contributed by atoms with Crippen LogP contribution in [0, 0.1) is 11.3 Å². The van der Waals surface area contributed by atoms with Gasteiger partial charge in [-0.2, -0.15) is 0 Å². The molecule has 1 aliphatic carbocycles. The van der Waals surface area contributed by atoms with Crippen molar-refractivity contribution < 1.29 is 14.7 Å². The first-order chi connectivity index (χ1) is 5.85. The minimum absolute atomic E-state index is 0.0910. The highest BCUT2D eigenvalue weighted by molar-refractivity contribution is 5.98. The molecule has 0 unspecified atom stereocenters. The minimum Gasteiger partial charge on any atom is -0.550 e. The molecule has 0 aromatic rings. The highest BCUT2D eigenvalue weighted by Gasteiger charge is 2.40. The van der Waals surface area contributed by atoms with Gasteiger partial charge in [-0.3, -0.25) is 4.79 Å². The van der Waals surface area contributed by atoms with Gasteiger partial charge in [0.25, 0.3) is 0 Å². The van der Waals surface area contributed by atoms with E-state index in [2.05, 4.69) is 0 Å². The average molecular weight is 181 g/mol. The van der Waals surface area contributed by atoms with Gasteiger partial charge in [0.05, 0.1) is 0 Å². The summed E-state index contributed by atoms with van der Waals surface area (Å²) in [4.78, 5) is 21.8. The summed E-state index contributed by atoms with van der Waals surface area (Å²) in [6.07, 6.45) is 1.35. The van der Waals surface area contributed by atoms with Crippen LogP contribution in [0.25, 0.3) is 0 Å². The van der Waals surface area contributed by atoms with Crippen molar-refractivity contribution in [3.05, 3.63) is 11.6 Å². The number of carbonyl (C=O) groups is 2. The zero-order valence-corrected chi connectivity index (χ0v) is 8.09. The third-order valence-electron chi connectivity index (χ3n) is 2.96. The van der Waals surface area contributed by atoms with Crippen LogP contribution in [0.4, 0.5) is 0 Å². The lowest BCUT2D eigenvalue weighted by Crippen LogP contribution is -2.33. The Hall–Kier alpha value is -1.12. The summed E-state index contributed by atoms with van der Waals surface area (Å²) in [5.74, 6) is -1.70. The molecule has 0 heterocycles.